The largest absolute Gasteiger partial charge is 0.458 e. The number of aryl methyl sites for hydroxylation is 1. The van der Waals surface area contributed by atoms with Gasteiger partial charge in [-0.15, -0.1) is 0 Å². The summed E-state index contributed by atoms with van der Waals surface area (Å²) < 4.78 is 34.1. The first-order valence-electron chi connectivity index (χ1n) is 13.5. The van der Waals surface area contributed by atoms with Crippen molar-refractivity contribution in [2.75, 3.05) is 18.4 Å². The van der Waals surface area contributed by atoms with Crippen molar-refractivity contribution in [3.63, 3.8) is 0 Å². The smallest absolute Gasteiger partial charge is 0.313 e. The number of carbonyl (C=O) groups is 3. The monoisotopic (exact) mass is 679 g/mol. The van der Waals surface area contributed by atoms with Crippen LogP contribution in [0.4, 0.5) is 5.69 Å². The van der Waals surface area contributed by atoms with Crippen LogP contribution in [0.3, 0.4) is 0 Å². The van der Waals surface area contributed by atoms with E-state index in [9.17, 15) is 22.8 Å². The van der Waals surface area contributed by atoms with Crippen LogP contribution in [-0.2, 0) is 37.4 Å². The van der Waals surface area contributed by atoms with E-state index in [4.69, 9.17) is 4.42 Å². The van der Waals surface area contributed by atoms with Gasteiger partial charge in [-0.1, -0.05) is 64.0 Å². The quantitative estimate of drug-likeness (QED) is 0.117. The third-order valence-corrected chi connectivity index (χ3v) is 8.65. The molecule has 0 saturated carbocycles. The van der Waals surface area contributed by atoms with E-state index in [0.717, 1.165) is 19.9 Å². The number of anilines is 1. The Bertz CT molecular complexity index is 1720. The van der Waals surface area contributed by atoms with Gasteiger partial charge >= 0.3 is 11.8 Å². The van der Waals surface area contributed by atoms with Gasteiger partial charge in [-0.3, -0.25) is 14.4 Å². The number of furan rings is 1. The molecule has 1 heterocycles. The van der Waals surface area contributed by atoms with Crippen molar-refractivity contribution >= 4 is 55.6 Å². The van der Waals surface area contributed by atoms with E-state index in [1.807, 2.05) is 49.4 Å². The number of sulfonamides is 1. The molecular formula is C31H30BrN5O6S. The molecular weight excluding hydrogens is 650 g/mol. The van der Waals surface area contributed by atoms with Gasteiger partial charge in [0, 0.05) is 16.7 Å². The Morgan fingerprint density at radius 2 is 1.61 bits per heavy atom. The van der Waals surface area contributed by atoms with Crippen LogP contribution in [-0.4, -0.2) is 49.7 Å². The summed E-state index contributed by atoms with van der Waals surface area (Å²) in [4.78, 5) is 37.1. The highest BCUT2D eigenvalue weighted by atomic mass is 79.9. The molecule has 3 amide bonds. The summed E-state index contributed by atoms with van der Waals surface area (Å²) in [5.41, 5.74) is 4.78. The Labute approximate surface area is 263 Å². The first kappa shape index (κ1) is 32.3. The van der Waals surface area contributed by atoms with Crippen LogP contribution < -0.4 is 16.1 Å². The normalized spacial score (nSPS) is 11.4. The highest BCUT2D eigenvalue weighted by Gasteiger charge is 2.26. The van der Waals surface area contributed by atoms with E-state index >= 15 is 0 Å². The van der Waals surface area contributed by atoms with Gasteiger partial charge < -0.3 is 15.1 Å². The minimum Gasteiger partial charge on any atom is -0.458 e. The van der Waals surface area contributed by atoms with Crippen molar-refractivity contribution in [2.45, 2.75) is 24.8 Å². The Hall–Kier alpha value is -4.59. The van der Waals surface area contributed by atoms with E-state index < -0.39 is 34.3 Å². The summed E-state index contributed by atoms with van der Waals surface area (Å²) in [6.45, 7) is 1.48. The highest BCUT2D eigenvalue weighted by Crippen LogP contribution is 2.19. The first-order chi connectivity index (χ1) is 21.1. The molecule has 3 aromatic carbocycles. The maximum atomic E-state index is 13.4. The third kappa shape index (κ3) is 9.46. The van der Waals surface area contributed by atoms with Crippen LogP contribution in [0.1, 0.15) is 22.6 Å². The molecule has 0 aliphatic rings. The zero-order valence-electron chi connectivity index (χ0n) is 23.7. The predicted molar refractivity (Wildman–Crippen MR) is 169 cm³/mol. The predicted octanol–water partition coefficient (Wildman–Crippen LogP) is 3.99. The van der Waals surface area contributed by atoms with Crippen molar-refractivity contribution in [1.29, 1.82) is 0 Å². The number of hydrogen-bond acceptors (Lipinski definition) is 7. The number of hydrogen-bond donors (Lipinski definition) is 3. The van der Waals surface area contributed by atoms with Crippen molar-refractivity contribution in [1.82, 2.24) is 15.0 Å². The lowest BCUT2D eigenvalue weighted by Crippen LogP contribution is -2.40. The fourth-order valence-corrected chi connectivity index (χ4v) is 5.59. The molecule has 44 heavy (non-hydrogen) atoms. The standard InChI is InChI=1S/C31H30BrN5O6S/c1-22-7-11-25(12-8-22)35-31(40)30(39)33-19-26-13-14-27(43-26)20-34-36-29(38)21-37(18-17-23-5-3-2-4-6-23)44(41,42)28-15-9-24(32)10-16-28/h2-16,20H,17-19,21H2,1H3,(H,33,39)(H,35,40)(H,36,38)/b34-20-. The highest BCUT2D eigenvalue weighted by molar-refractivity contribution is 9.10. The van der Waals surface area contributed by atoms with Crippen molar-refractivity contribution in [3.8, 4) is 0 Å². The van der Waals surface area contributed by atoms with Gasteiger partial charge in [-0.25, -0.2) is 13.8 Å². The molecule has 0 spiro atoms. The summed E-state index contributed by atoms with van der Waals surface area (Å²) in [6.07, 6.45) is 1.65. The van der Waals surface area contributed by atoms with Gasteiger partial charge in [0.05, 0.1) is 24.2 Å². The number of carbonyl (C=O) groups excluding carboxylic acids is 3. The summed E-state index contributed by atoms with van der Waals surface area (Å²) in [5.74, 6) is -1.68. The van der Waals surface area contributed by atoms with E-state index in [1.54, 1.807) is 36.4 Å². The number of halogens is 1. The molecule has 13 heteroatoms. The second-order valence-electron chi connectivity index (χ2n) is 9.63. The molecule has 0 atom stereocenters. The molecule has 1 aromatic heterocycles. The first-order valence-corrected chi connectivity index (χ1v) is 15.7. The second-order valence-corrected chi connectivity index (χ2v) is 12.5. The van der Waals surface area contributed by atoms with E-state index in [2.05, 4.69) is 37.1 Å². The van der Waals surface area contributed by atoms with Crippen LogP contribution in [0.15, 0.2) is 110 Å². The Morgan fingerprint density at radius 1 is 0.909 bits per heavy atom. The lowest BCUT2D eigenvalue weighted by Gasteiger charge is -2.21. The van der Waals surface area contributed by atoms with Gasteiger partial charge in [0.2, 0.25) is 10.0 Å². The van der Waals surface area contributed by atoms with Crippen molar-refractivity contribution in [2.24, 2.45) is 5.10 Å². The number of benzene rings is 3. The molecule has 0 saturated heterocycles. The van der Waals surface area contributed by atoms with Crippen LogP contribution >= 0.6 is 15.9 Å². The van der Waals surface area contributed by atoms with Crippen LogP contribution in [0.25, 0.3) is 0 Å². The molecule has 0 fully saturated rings. The van der Waals surface area contributed by atoms with Crippen molar-refractivity contribution < 1.29 is 27.2 Å². The Balaban J connectivity index is 1.31. The van der Waals surface area contributed by atoms with E-state index in [0.29, 0.717) is 17.9 Å². The number of rotatable bonds is 12. The van der Waals surface area contributed by atoms with Gasteiger partial charge in [0.1, 0.15) is 11.5 Å². The van der Waals surface area contributed by atoms with Gasteiger partial charge in [0.25, 0.3) is 5.91 Å². The molecule has 0 aliphatic heterocycles. The summed E-state index contributed by atoms with van der Waals surface area (Å²) >= 11 is 3.30. The number of hydrazone groups is 1. The summed E-state index contributed by atoms with van der Waals surface area (Å²) in [5, 5.41) is 8.85. The maximum Gasteiger partial charge on any atom is 0.313 e. The molecule has 0 bridgehead atoms. The number of nitrogens with one attached hydrogen (secondary N) is 3. The lowest BCUT2D eigenvalue weighted by atomic mass is 10.1. The topological polar surface area (TPSA) is 150 Å². The lowest BCUT2D eigenvalue weighted by molar-refractivity contribution is -0.136. The Kier molecular flexibility index (Phi) is 11.2. The molecule has 0 unspecified atom stereocenters. The number of nitrogens with zero attached hydrogens (tertiary/aromatic N) is 2. The fourth-order valence-electron chi connectivity index (χ4n) is 3.93. The SMILES string of the molecule is Cc1ccc(NC(=O)C(=O)NCc2ccc(/C=N\NC(=O)CN(CCc3ccccc3)S(=O)(=O)c3ccc(Br)cc3)o2)cc1. The molecule has 11 nitrogen and oxygen atoms in total. The zero-order valence-corrected chi connectivity index (χ0v) is 26.1. The molecule has 0 radical (unpaired) electrons. The van der Waals surface area contributed by atoms with Gasteiger partial charge in [-0.05, 0) is 67.4 Å². The third-order valence-electron chi connectivity index (χ3n) is 6.27. The summed E-state index contributed by atoms with van der Waals surface area (Å²) in [6, 6.07) is 25.7. The van der Waals surface area contributed by atoms with E-state index in [-0.39, 0.29) is 23.7 Å². The van der Waals surface area contributed by atoms with E-state index in [1.165, 1.54) is 18.3 Å². The molecule has 4 rings (SSSR count). The van der Waals surface area contributed by atoms with Gasteiger partial charge in [0.15, 0.2) is 0 Å². The average molecular weight is 681 g/mol. The minimum atomic E-state index is -3.98. The van der Waals surface area contributed by atoms with Crippen molar-refractivity contribution in [3.05, 3.63) is 118 Å². The Morgan fingerprint density at radius 3 is 2.32 bits per heavy atom. The molecule has 0 aliphatic carbocycles. The number of amides is 3. The van der Waals surface area contributed by atoms with Crippen LogP contribution in [0.5, 0.6) is 0 Å². The molecule has 228 valence electrons. The molecule has 4 aromatic rings. The minimum absolute atomic E-state index is 0.0510. The summed E-state index contributed by atoms with van der Waals surface area (Å²) in [7, 11) is -3.98. The van der Waals surface area contributed by atoms with Crippen LogP contribution in [0, 0.1) is 6.92 Å². The fraction of sp³-hybridized carbons (Fsp3) is 0.161. The second kappa shape index (κ2) is 15.2. The maximum absolute atomic E-state index is 13.4. The zero-order chi connectivity index (χ0) is 31.5. The van der Waals surface area contributed by atoms with Crippen LogP contribution in [0.2, 0.25) is 0 Å². The average Bonchev–Trinajstić information content (AvgIpc) is 3.47. The molecule has 3 N–H and O–H groups in total. The van der Waals surface area contributed by atoms with Gasteiger partial charge in [-0.2, -0.15) is 9.41 Å².